The Balaban J connectivity index is 2.54. The Morgan fingerprint density at radius 1 is 0.955 bits per heavy atom. The molecule has 3 rings (SSSR count). The number of pyridine rings is 1. The van der Waals surface area contributed by atoms with E-state index in [1.54, 1.807) is 0 Å². The molecule has 114 valence electrons. The van der Waals surface area contributed by atoms with Gasteiger partial charge < -0.3 is 4.84 Å². The lowest BCUT2D eigenvalue weighted by Crippen LogP contribution is -2.25. The van der Waals surface area contributed by atoms with Gasteiger partial charge in [-0.05, 0) is 47.1 Å². The lowest BCUT2D eigenvalue weighted by atomic mass is 9.85. The third-order valence-corrected chi connectivity index (χ3v) is 4.15. The molecule has 0 aliphatic carbocycles. The van der Waals surface area contributed by atoms with Gasteiger partial charge in [-0.15, -0.1) is 4.73 Å². The summed E-state index contributed by atoms with van der Waals surface area (Å²) < 4.78 is 1.38. The zero-order valence-corrected chi connectivity index (χ0v) is 13.7. The maximum atomic E-state index is 12.7. The lowest BCUT2D eigenvalue weighted by Gasteiger charge is -2.20. The molecule has 1 heterocycles. The highest BCUT2D eigenvalue weighted by molar-refractivity contribution is 6.05. The van der Waals surface area contributed by atoms with Gasteiger partial charge in [0.15, 0.2) is 0 Å². The van der Waals surface area contributed by atoms with E-state index in [0.29, 0.717) is 5.39 Å². The number of aromatic nitrogens is 1. The van der Waals surface area contributed by atoms with Crippen LogP contribution in [-0.2, 0) is 5.41 Å². The highest BCUT2D eigenvalue weighted by Crippen LogP contribution is 2.29. The smallest absolute Gasteiger partial charge is 0.291 e. The van der Waals surface area contributed by atoms with Crippen molar-refractivity contribution in [2.24, 2.45) is 0 Å². The maximum Gasteiger partial charge on any atom is 0.291 e. The van der Waals surface area contributed by atoms with E-state index in [1.165, 1.54) is 17.4 Å². The van der Waals surface area contributed by atoms with Gasteiger partial charge in [-0.2, -0.15) is 0 Å². The number of hydrogen-bond acceptors (Lipinski definition) is 2. The monoisotopic (exact) mass is 295 g/mol. The molecule has 3 heteroatoms. The summed E-state index contributed by atoms with van der Waals surface area (Å²) in [5.41, 5.74) is 3.06. The zero-order valence-electron chi connectivity index (χ0n) is 13.7. The Labute approximate surface area is 130 Å². The van der Waals surface area contributed by atoms with Gasteiger partial charge in [0.2, 0.25) is 0 Å². The van der Waals surface area contributed by atoms with Gasteiger partial charge in [0.25, 0.3) is 5.56 Å². The molecule has 0 atom stereocenters. The second-order valence-electron chi connectivity index (χ2n) is 6.81. The minimum atomic E-state index is -0.115. The van der Waals surface area contributed by atoms with Crippen LogP contribution in [0.15, 0.2) is 41.2 Å². The van der Waals surface area contributed by atoms with Crippen molar-refractivity contribution in [2.45, 2.75) is 33.1 Å². The van der Waals surface area contributed by atoms with E-state index in [1.807, 2.05) is 25.1 Å². The summed E-state index contributed by atoms with van der Waals surface area (Å²) in [6, 6.07) is 12.2. The summed E-state index contributed by atoms with van der Waals surface area (Å²) in [4.78, 5) is 18.0. The minimum Gasteiger partial charge on any atom is -0.413 e. The van der Waals surface area contributed by atoms with Crippen molar-refractivity contribution in [3.8, 4) is 0 Å². The molecule has 0 saturated carbocycles. The molecule has 0 N–H and O–H groups in total. The number of fused-ring (bicyclic) bond motifs is 3. The Hall–Kier alpha value is -2.29. The molecule has 0 fully saturated rings. The predicted octanol–water partition coefficient (Wildman–Crippen LogP) is 3.82. The Morgan fingerprint density at radius 2 is 1.64 bits per heavy atom. The van der Waals surface area contributed by atoms with E-state index in [-0.39, 0.29) is 11.0 Å². The molecule has 0 unspecified atom stereocenters. The fraction of sp³-hybridized carbons (Fsp3) is 0.316. The van der Waals surface area contributed by atoms with Crippen molar-refractivity contribution in [2.75, 3.05) is 7.11 Å². The molecule has 22 heavy (non-hydrogen) atoms. The van der Waals surface area contributed by atoms with Crippen LogP contribution in [0.4, 0.5) is 0 Å². The third kappa shape index (κ3) is 2.17. The first-order valence-corrected chi connectivity index (χ1v) is 7.47. The van der Waals surface area contributed by atoms with E-state index in [0.717, 1.165) is 21.9 Å². The van der Waals surface area contributed by atoms with E-state index in [4.69, 9.17) is 4.84 Å². The van der Waals surface area contributed by atoms with Crippen LogP contribution in [-0.4, -0.2) is 11.8 Å². The quantitative estimate of drug-likeness (QED) is 0.639. The maximum absolute atomic E-state index is 12.7. The fourth-order valence-corrected chi connectivity index (χ4v) is 2.86. The van der Waals surface area contributed by atoms with E-state index < -0.39 is 0 Å². The number of benzene rings is 2. The van der Waals surface area contributed by atoms with Gasteiger partial charge in [-0.25, -0.2) is 0 Å². The number of rotatable bonds is 1. The van der Waals surface area contributed by atoms with Crippen LogP contribution in [0.5, 0.6) is 0 Å². The van der Waals surface area contributed by atoms with Crippen molar-refractivity contribution in [1.82, 2.24) is 4.73 Å². The summed E-state index contributed by atoms with van der Waals surface area (Å²) >= 11 is 0. The first-order valence-electron chi connectivity index (χ1n) is 7.47. The molecule has 0 aliphatic rings. The van der Waals surface area contributed by atoms with E-state index in [2.05, 4.69) is 39.0 Å². The molecule has 2 aromatic carbocycles. The average molecular weight is 295 g/mol. The Morgan fingerprint density at radius 3 is 2.27 bits per heavy atom. The second-order valence-corrected chi connectivity index (χ2v) is 6.81. The van der Waals surface area contributed by atoms with Crippen molar-refractivity contribution in [1.29, 1.82) is 0 Å². The van der Waals surface area contributed by atoms with Crippen LogP contribution in [0.1, 0.15) is 31.9 Å². The fourth-order valence-electron chi connectivity index (χ4n) is 2.86. The van der Waals surface area contributed by atoms with Gasteiger partial charge in [0.1, 0.15) is 7.11 Å². The molecule has 0 spiro atoms. The summed E-state index contributed by atoms with van der Waals surface area (Å²) in [7, 11) is 1.53. The molecule has 1 aromatic heterocycles. The molecular weight excluding hydrogens is 274 g/mol. The second kappa shape index (κ2) is 4.87. The molecule has 0 aliphatic heterocycles. The molecule has 0 radical (unpaired) electrons. The summed E-state index contributed by atoms with van der Waals surface area (Å²) in [5.74, 6) is 0. The Kier molecular flexibility index (Phi) is 3.24. The Bertz CT molecular complexity index is 930. The van der Waals surface area contributed by atoms with Crippen LogP contribution in [0.3, 0.4) is 0 Å². The van der Waals surface area contributed by atoms with Gasteiger partial charge >= 0.3 is 0 Å². The SMILES string of the molecule is COn1c(=O)c2ccc(C(C)(C)C)cc2c2ccc(C)cc21. The summed E-state index contributed by atoms with van der Waals surface area (Å²) in [6.45, 7) is 8.55. The van der Waals surface area contributed by atoms with Gasteiger partial charge in [-0.3, -0.25) is 4.79 Å². The molecular formula is C19H21NO2. The molecule has 3 aromatic rings. The standard InChI is InChI=1S/C19H21NO2/c1-12-6-8-14-16-11-13(19(2,3)4)7-9-15(16)18(21)20(22-5)17(14)10-12/h6-11H,1-5H3. The van der Waals surface area contributed by atoms with Crippen LogP contribution in [0, 0.1) is 6.92 Å². The van der Waals surface area contributed by atoms with E-state index in [9.17, 15) is 4.79 Å². The van der Waals surface area contributed by atoms with Crippen molar-refractivity contribution < 1.29 is 4.84 Å². The van der Waals surface area contributed by atoms with Crippen LogP contribution in [0.25, 0.3) is 21.7 Å². The third-order valence-electron chi connectivity index (χ3n) is 4.15. The highest BCUT2D eigenvalue weighted by atomic mass is 16.6. The van der Waals surface area contributed by atoms with Gasteiger partial charge in [0, 0.05) is 5.39 Å². The molecule has 3 nitrogen and oxygen atoms in total. The number of aryl methyl sites for hydroxylation is 1. The van der Waals surface area contributed by atoms with Gasteiger partial charge in [-0.1, -0.05) is 39.0 Å². The topological polar surface area (TPSA) is 31.2 Å². The number of hydrogen-bond donors (Lipinski definition) is 0. The van der Waals surface area contributed by atoms with Crippen LogP contribution in [0.2, 0.25) is 0 Å². The van der Waals surface area contributed by atoms with Crippen molar-refractivity contribution in [3.05, 3.63) is 57.9 Å². The van der Waals surface area contributed by atoms with Gasteiger partial charge in [0.05, 0.1) is 10.9 Å². The first kappa shape index (κ1) is 14.6. The van der Waals surface area contributed by atoms with Crippen molar-refractivity contribution >= 4 is 21.7 Å². The lowest BCUT2D eigenvalue weighted by molar-refractivity contribution is 0.170. The molecule has 0 bridgehead atoms. The largest absolute Gasteiger partial charge is 0.413 e. The van der Waals surface area contributed by atoms with Crippen LogP contribution >= 0.6 is 0 Å². The number of nitrogens with zero attached hydrogens (tertiary/aromatic N) is 1. The summed E-state index contributed by atoms with van der Waals surface area (Å²) in [5, 5.41) is 2.71. The van der Waals surface area contributed by atoms with E-state index >= 15 is 0 Å². The highest BCUT2D eigenvalue weighted by Gasteiger charge is 2.17. The average Bonchev–Trinajstić information content (AvgIpc) is 2.46. The zero-order chi connectivity index (χ0) is 16.1. The predicted molar refractivity (Wildman–Crippen MR) is 91.7 cm³/mol. The molecule has 0 saturated heterocycles. The summed E-state index contributed by atoms with van der Waals surface area (Å²) in [6.07, 6.45) is 0. The normalized spacial score (nSPS) is 12.0. The molecule has 0 amide bonds. The van der Waals surface area contributed by atoms with Crippen molar-refractivity contribution in [3.63, 3.8) is 0 Å². The van der Waals surface area contributed by atoms with Crippen LogP contribution < -0.4 is 10.4 Å². The minimum absolute atomic E-state index is 0.0430. The first-order chi connectivity index (χ1) is 10.3.